The van der Waals surface area contributed by atoms with E-state index in [1.165, 1.54) is 6.07 Å². The van der Waals surface area contributed by atoms with Crippen LogP contribution in [0.4, 0.5) is 0 Å². The summed E-state index contributed by atoms with van der Waals surface area (Å²) in [6.45, 7) is 3.08. The molecule has 1 aliphatic heterocycles. The molecule has 1 fully saturated rings. The van der Waals surface area contributed by atoms with Crippen LogP contribution in [0, 0.1) is 0 Å². The fourth-order valence-corrected chi connectivity index (χ4v) is 3.40. The molecule has 0 aliphatic carbocycles. The largest absolute Gasteiger partial charge is 0.507 e. The van der Waals surface area contributed by atoms with Gasteiger partial charge in [-0.25, -0.2) is 0 Å². The standard InChI is InChI=1S/C19H24O9/c1-3-7(2)11-5-10(23)13-8(21)4-9(22)14(18(13)27-11)19-17(26)16(25)15(24)12(6-20)28-19/h4-5,7,12,15-17,19-22,24-26H,3,6H2,1-2H3. The van der Waals surface area contributed by atoms with Gasteiger partial charge in [-0.2, -0.15) is 0 Å². The summed E-state index contributed by atoms with van der Waals surface area (Å²) in [4.78, 5) is 12.6. The second-order valence-corrected chi connectivity index (χ2v) is 7.10. The highest BCUT2D eigenvalue weighted by Gasteiger charge is 2.46. The molecular formula is C19H24O9. The number of fused-ring (bicyclic) bond motifs is 1. The zero-order valence-corrected chi connectivity index (χ0v) is 15.4. The van der Waals surface area contributed by atoms with E-state index in [2.05, 4.69) is 0 Å². The van der Waals surface area contributed by atoms with Gasteiger partial charge in [0.15, 0.2) is 11.0 Å². The number of ether oxygens (including phenoxy) is 1. The summed E-state index contributed by atoms with van der Waals surface area (Å²) in [6.07, 6.45) is -6.92. The molecule has 2 aromatic rings. The van der Waals surface area contributed by atoms with E-state index in [4.69, 9.17) is 9.15 Å². The van der Waals surface area contributed by atoms with Crippen LogP contribution >= 0.6 is 0 Å². The molecule has 2 heterocycles. The van der Waals surface area contributed by atoms with E-state index >= 15 is 0 Å². The van der Waals surface area contributed by atoms with E-state index < -0.39 is 54.1 Å². The lowest BCUT2D eigenvalue weighted by Crippen LogP contribution is -2.55. The summed E-state index contributed by atoms with van der Waals surface area (Å²) in [6, 6.07) is 2.17. The van der Waals surface area contributed by atoms with Gasteiger partial charge in [0.1, 0.15) is 53.2 Å². The summed E-state index contributed by atoms with van der Waals surface area (Å²) in [5, 5.41) is 60.2. The van der Waals surface area contributed by atoms with Crippen molar-refractivity contribution in [2.45, 2.75) is 56.7 Å². The maximum absolute atomic E-state index is 12.6. The van der Waals surface area contributed by atoms with E-state index in [1.54, 1.807) is 0 Å². The maximum Gasteiger partial charge on any atom is 0.196 e. The van der Waals surface area contributed by atoms with Gasteiger partial charge in [-0.05, 0) is 6.42 Å². The van der Waals surface area contributed by atoms with Gasteiger partial charge in [-0.1, -0.05) is 13.8 Å². The van der Waals surface area contributed by atoms with E-state index in [0.29, 0.717) is 12.2 Å². The Morgan fingerprint density at radius 3 is 2.36 bits per heavy atom. The van der Waals surface area contributed by atoms with Crippen LogP contribution in [0.15, 0.2) is 21.3 Å². The summed E-state index contributed by atoms with van der Waals surface area (Å²) in [5.74, 6) is -0.857. The van der Waals surface area contributed by atoms with E-state index in [1.807, 2.05) is 13.8 Å². The van der Waals surface area contributed by atoms with Gasteiger partial charge in [0.05, 0.1) is 12.2 Å². The highest BCUT2D eigenvalue weighted by Crippen LogP contribution is 2.43. The Labute approximate surface area is 160 Å². The molecule has 1 aromatic heterocycles. The van der Waals surface area contributed by atoms with Gasteiger partial charge in [0, 0.05) is 18.1 Å². The van der Waals surface area contributed by atoms with Gasteiger partial charge in [-0.15, -0.1) is 0 Å². The van der Waals surface area contributed by atoms with Crippen LogP contribution in [-0.4, -0.2) is 61.7 Å². The first-order valence-corrected chi connectivity index (χ1v) is 9.04. The molecule has 6 N–H and O–H groups in total. The number of rotatable bonds is 4. The monoisotopic (exact) mass is 396 g/mol. The van der Waals surface area contributed by atoms with Crippen LogP contribution < -0.4 is 5.43 Å². The van der Waals surface area contributed by atoms with Crippen molar-refractivity contribution in [2.24, 2.45) is 0 Å². The molecule has 0 amide bonds. The van der Waals surface area contributed by atoms with Crippen molar-refractivity contribution >= 4 is 11.0 Å². The first-order valence-electron chi connectivity index (χ1n) is 9.04. The Hall–Kier alpha value is -2.17. The molecule has 0 spiro atoms. The fourth-order valence-electron chi connectivity index (χ4n) is 3.40. The minimum absolute atomic E-state index is 0.135. The molecular weight excluding hydrogens is 372 g/mol. The van der Waals surface area contributed by atoms with Crippen LogP contribution in [0.5, 0.6) is 11.5 Å². The van der Waals surface area contributed by atoms with Crippen molar-refractivity contribution in [1.82, 2.24) is 0 Å². The molecule has 0 bridgehead atoms. The molecule has 154 valence electrons. The Morgan fingerprint density at radius 2 is 1.75 bits per heavy atom. The number of aliphatic hydroxyl groups excluding tert-OH is 4. The third kappa shape index (κ3) is 3.25. The zero-order valence-electron chi connectivity index (χ0n) is 15.4. The maximum atomic E-state index is 12.6. The number of aromatic hydroxyl groups is 2. The average Bonchev–Trinajstić information content (AvgIpc) is 2.66. The predicted octanol–water partition coefficient (Wildman–Crippen LogP) is 0.233. The molecule has 1 saturated heterocycles. The van der Waals surface area contributed by atoms with E-state index in [-0.39, 0.29) is 22.5 Å². The summed E-state index contributed by atoms with van der Waals surface area (Å²) in [5.41, 5.74) is -0.892. The van der Waals surface area contributed by atoms with Gasteiger partial charge in [0.25, 0.3) is 0 Å². The summed E-state index contributed by atoms with van der Waals surface area (Å²) >= 11 is 0. The number of hydrogen-bond donors (Lipinski definition) is 6. The minimum Gasteiger partial charge on any atom is -0.507 e. The van der Waals surface area contributed by atoms with Crippen LogP contribution in [0.25, 0.3) is 11.0 Å². The van der Waals surface area contributed by atoms with Gasteiger partial charge >= 0.3 is 0 Å². The number of phenolic OH excluding ortho intramolecular Hbond substituents is 2. The van der Waals surface area contributed by atoms with Gasteiger partial charge in [0.2, 0.25) is 0 Å². The molecule has 0 saturated carbocycles. The average molecular weight is 396 g/mol. The molecule has 9 nitrogen and oxygen atoms in total. The molecule has 6 unspecified atom stereocenters. The first-order chi connectivity index (χ1) is 13.2. The number of aliphatic hydroxyl groups is 4. The second-order valence-electron chi connectivity index (χ2n) is 7.10. The minimum atomic E-state index is -1.69. The Morgan fingerprint density at radius 1 is 1.07 bits per heavy atom. The Bertz CT molecular complexity index is 920. The van der Waals surface area contributed by atoms with Crippen molar-refractivity contribution in [3.8, 4) is 11.5 Å². The second kappa shape index (κ2) is 7.69. The SMILES string of the molecule is CCC(C)c1cc(=O)c2c(O)cc(O)c(C3OC(CO)C(O)C(O)C3O)c2o1. The molecule has 0 radical (unpaired) electrons. The molecule has 9 heteroatoms. The van der Waals surface area contributed by atoms with Crippen molar-refractivity contribution in [1.29, 1.82) is 0 Å². The van der Waals surface area contributed by atoms with Crippen molar-refractivity contribution in [3.05, 3.63) is 33.7 Å². The number of hydrogen-bond acceptors (Lipinski definition) is 9. The Kier molecular flexibility index (Phi) is 5.64. The smallest absolute Gasteiger partial charge is 0.196 e. The topological polar surface area (TPSA) is 161 Å². The lowest BCUT2D eigenvalue weighted by atomic mass is 9.89. The number of benzene rings is 1. The van der Waals surface area contributed by atoms with Crippen LogP contribution in [0.2, 0.25) is 0 Å². The van der Waals surface area contributed by atoms with Gasteiger partial charge < -0.3 is 39.8 Å². The molecule has 28 heavy (non-hydrogen) atoms. The van der Waals surface area contributed by atoms with Crippen molar-refractivity contribution < 1.29 is 39.8 Å². The van der Waals surface area contributed by atoms with Crippen LogP contribution in [0.1, 0.15) is 43.6 Å². The lowest BCUT2D eigenvalue weighted by Gasteiger charge is -2.40. The normalized spacial score (nSPS) is 29.1. The van der Waals surface area contributed by atoms with Crippen LogP contribution in [0.3, 0.4) is 0 Å². The quantitative estimate of drug-likeness (QED) is 0.425. The predicted molar refractivity (Wildman–Crippen MR) is 97.2 cm³/mol. The summed E-state index contributed by atoms with van der Waals surface area (Å²) in [7, 11) is 0. The van der Waals surface area contributed by atoms with E-state index in [0.717, 1.165) is 6.07 Å². The molecule has 1 aliphatic rings. The third-order valence-corrected chi connectivity index (χ3v) is 5.29. The first kappa shape index (κ1) is 20.6. The van der Waals surface area contributed by atoms with Crippen LogP contribution in [-0.2, 0) is 4.74 Å². The van der Waals surface area contributed by atoms with Gasteiger partial charge in [-0.3, -0.25) is 4.79 Å². The van der Waals surface area contributed by atoms with Crippen molar-refractivity contribution in [3.63, 3.8) is 0 Å². The van der Waals surface area contributed by atoms with Crippen molar-refractivity contribution in [2.75, 3.05) is 6.61 Å². The molecule has 6 atom stereocenters. The third-order valence-electron chi connectivity index (χ3n) is 5.29. The highest BCUT2D eigenvalue weighted by molar-refractivity contribution is 5.88. The Balaban J connectivity index is 2.27. The van der Waals surface area contributed by atoms with E-state index in [9.17, 15) is 35.4 Å². The lowest BCUT2D eigenvalue weighted by molar-refractivity contribution is -0.231. The highest BCUT2D eigenvalue weighted by atomic mass is 16.5. The fraction of sp³-hybridized carbons (Fsp3) is 0.526. The zero-order chi connectivity index (χ0) is 20.7. The number of phenols is 2. The molecule has 3 rings (SSSR count). The summed E-state index contributed by atoms with van der Waals surface area (Å²) < 4.78 is 11.3. The molecule has 1 aromatic carbocycles.